The van der Waals surface area contributed by atoms with E-state index in [9.17, 15) is 13.6 Å². The van der Waals surface area contributed by atoms with Gasteiger partial charge in [0.15, 0.2) is 5.82 Å². The molecule has 3 N–H and O–H groups in total. The molecule has 18 heavy (non-hydrogen) atoms. The van der Waals surface area contributed by atoms with Crippen LogP contribution in [0.25, 0.3) is 0 Å². The van der Waals surface area contributed by atoms with Crippen molar-refractivity contribution in [1.82, 2.24) is 5.32 Å². The molecule has 0 radical (unpaired) electrons. The summed E-state index contributed by atoms with van der Waals surface area (Å²) in [5, 5.41) is 2.49. The fraction of sp³-hybridized carbons (Fsp3) is 0.417. The number of benzene rings is 1. The lowest BCUT2D eigenvalue weighted by atomic mass is 10.1. The Balaban J connectivity index is 2.81. The predicted octanol–water partition coefficient (Wildman–Crippen LogP) is 1.70. The molecular weight excluding hydrogens is 242 g/mol. The van der Waals surface area contributed by atoms with Crippen molar-refractivity contribution >= 4 is 11.6 Å². The molecule has 1 aromatic rings. The molecule has 100 valence electrons. The zero-order valence-electron chi connectivity index (χ0n) is 10.3. The van der Waals surface area contributed by atoms with E-state index in [1.165, 1.54) is 7.11 Å². The number of methoxy groups -OCH3 is 1. The smallest absolute Gasteiger partial charge is 0.257 e. The van der Waals surface area contributed by atoms with Crippen molar-refractivity contribution in [1.29, 1.82) is 0 Å². The van der Waals surface area contributed by atoms with Gasteiger partial charge in [0.25, 0.3) is 5.91 Å². The van der Waals surface area contributed by atoms with Crippen LogP contribution in [-0.4, -0.2) is 25.7 Å². The van der Waals surface area contributed by atoms with Gasteiger partial charge in [-0.1, -0.05) is 0 Å². The first kappa shape index (κ1) is 14.4. The summed E-state index contributed by atoms with van der Waals surface area (Å²) in [6, 6.07) is 1.79. The topological polar surface area (TPSA) is 64.3 Å². The predicted molar refractivity (Wildman–Crippen MR) is 64.2 cm³/mol. The van der Waals surface area contributed by atoms with E-state index in [-0.39, 0.29) is 11.7 Å². The minimum absolute atomic E-state index is 0.252. The fourth-order valence-electron chi connectivity index (χ4n) is 1.44. The Bertz CT molecular complexity index is 438. The highest BCUT2D eigenvalue weighted by Crippen LogP contribution is 2.18. The lowest BCUT2D eigenvalue weighted by Gasteiger charge is -2.14. The molecule has 0 aliphatic carbocycles. The number of halogens is 2. The van der Waals surface area contributed by atoms with Crippen LogP contribution in [-0.2, 0) is 4.74 Å². The quantitative estimate of drug-likeness (QED) is 0.790. The van der Waals surface area contributed by atoms with Crippen LogP contribution in [0.3, 0.4) is 0 Å². The molecule has 0 saturated carbocycles. The molecule has 4 nitrogen and oxygen atoms in total. The molecule has 1 unspecified atom stereocenters. The zero-order chi connectivity index (χ0) is 13.7. The summed E-state index contributed by atoms with van der Waals surface area (Å²) < 4.78 is 31.8. The largest absolute Gasteiger partial charge is 0.396 e. The van der Waals surface area contributed by atoms with Gasteiger partial charge in [0.05, 0.1) is 5.69 Å². The third-order valence-corrected chi connectivity index (χ3v) is 2.48. The highest BCUT2D eigenvalue weighted by atomic mass is 19.1. The number of carbonyl (C=O) groups excluding carboxylic acids is 1. The van der Waals surface area contributed by atoms with E-state index in [4.69, 9.17) is 10.5 Å². The molecule has 1 atom stereocenters. The van der Waals surface area contributed by atoms with Crippen LogP contribution < -0.4 is 11.1 Å². The van der Waals surface area contributed by atoms with E-state index in [1.807, 2.05) is 0 Å². The van der Waals surface area contributed by atoms with E-state index < -0.39 is 23.1 Å². The molecule has 0 saturated heterocycles. The summed E-state index contributed by atoms with van der Waals surface area (Å²) in [5.74, 6) is -2.79. The van der Waals surface area contributed by atoms with Gasteiger partial charge in [-0.15, -0.1) is 0 Å². The van der Waals surface area contributed by atoms with E-state index in [0.717, 1.165) is 12.1 Å². The summed E-state index contributed by atoms with van der Waals surface area (Å²) >= 11 is 0. The first-order valence-electron chi connectivity index (χ1n) is 5.50. The summed E-state index contributed by atoms with van der Waals surface area (Å²) in [6.07, 6.45) is 0.549. The third kappa shape index (κ3) is 3.40. The number of anilines is 1. The van der Waals surface area contributed by atoms with Crippen LogP contribution in [0, 0.1) is 11.6 Å². The van der Waals surface area contributed by atoms with E-state index in [0.29, 0.717) is 13.0 Å². The number of amides is 1. The number of nitrogens with two attached hydrogens (primary N) is 1. The van der Waals surface area contributed by atoms with Crippen LogP contribution >= 0.6 is 0 Å². The molecular formula is C12H16F2N2O2. The van der Waals surface area contributed by atoms with Crippen LogP contribution in [0.15, 0.2) is 12.1 Å². The van der Waals surface area contributed by atoms with E-state index in [1.54, 1.807) is 6.92 Å². The van der Waals surface area contributed by atoms with Crippen molar-refractivity contribution in [2.24, 2.45) is 0 Å². The van der Waals surface area contributed by atoms with Gasteiger partial charge < -0.3 is 15.8 Å². The first-order valence-corrected chi connectivity index (χ1v) is 5.50. The molecule has 0 aromatic heterocycles. The van der Waals surface area contributed by atoms with Crippen LogP contribution in [0.1, 0.15) is 23.7 Å². The molecule has 0 spiro atoms. The number of nitrogen functional groups attached to an aromatic ring is 1. The maximum atomic E-state index is 13.6. The number of hydrogen-bond acceptors (Lipinski definition) is 3. The lowest BCUT2D eigenvalue weighted by Crippen LogP contribution is -2.34. The molecule has 0 fully saturated rings. The molecule has 1 rings (SSSR count). The van der Waals surface area contributed by atoms with Crippen molar-refractivity contribution in [3.63, 3.8) is 0 Å². The minimum Gasteiger partial charge on any atom is -0.396 e. The Kier molecular flexibility index (Phi) is 5.03. The molecule has 1 amide bonds. The Morgan fingerprint density at radius 3 is 2.78 bits per heavy atom. The second kappa shape index (κ2) is 6.30. The number of hydrogen-bond donors (Lipinski definition) is 2. The van der Waals surface area contributed by atoms with Crippen molar-refractivity contribution in [2.45, 2.75) is 19.4 Å². The number of carbonyl (C=O) groups is 1. The standard InChI is InChI=1S/C12H16F2N2O2/c1-7(5-6-18-2)16-12(17)10-8(13)3-4-9(15)11(10)14/h3-4,7H,5-6,15H2,1-2H3,(H,16,17). The maximum absolute atomic E-state index is 13.6. The summed E-state index contributed by atoms with van der Waals surface area (Å²) in [6.45, 7) is 2.17. The molecule has 0 aliphatic heterocycles. The summed E-state index contributed by atoms with van der Waals surface area (Å²) in [4.78, 5) is 11.7. The summed E-state index contributed by atoms with van der Waals surface area (Å²) in [7, 11) is 1.53. The fourth-order valence-corrected chi connectivity index (χ4v) is 1.44. The van der Waals surface area contributed by atoms with Gasteiger partial charge in [0.2, 0.25) is 0 Å². The number of ether oxygens (including phenoxy) is 1. The van der Waals surface area contributed by atoms with Crippen LogP contribution in [0.5, 0.6) is 0 Å². The molecule has 0 heterocycles. The average Bonchev–Trinajstić information content (AvgIpc) is 2.31. The lowest BCUT2D eigenvalue weighted by molar-refractivity contribution is 0.0921. The van der Waals surface area contributed by atoms with E-state index in [2.05, 4.69) is 5.32 Å². The van der Waals surface area contributed by atoms with Gasteiger partial charge in [-0.2, -0.15) is 0 Å². The summed E-state index contributed by atoms with van der Waals surface area (Å²) in [5.41, 5.74) is 4.38. The van der Waals surface area contributed by atoms with Gasteiger partial charge in [-0.25, -0.2) is 8.78 Å². The molecule has 0 aliphatic rings. The van der Waals surface area contributed by atoms with Gasteiger partial charge in [0.1, 0.15) is 11.4 Å². The Labute approximate surface area is 104 Å². The molecule has 1 aromatic carbocycles. The molecule has 0 bridgehead atoms. The van der Waals surface area contributed by atoms with E-state index >= 15 is 0 Å². The van der Waals surface area contributed by atoms with Gasteiger partial charge in [-0.05, 0) is 25.5 Å². The Morgan fingerprint density at radius 2 is 2.17 bits per heavy atom. The van der Waals surface area contributed by atoms with Crippen molar-refractivity contribution in [3.8, 4) is 0 Å². The Hall–Kier alpha value is -1.69. The number of rotatable bonds is 5. The normalized spacial score (nSPS) is 12.2. The molecule has 6 heteroatoms. The van der Waals surface area contributed by atoms with Crippen LogP contribution in [0.4, 0.5) is 14.5 Å². The van der Waals surface area contributed by atoms with Crippen molar-refractivity contribution < 1.29 is 18.3 Å². The van der Waals surface area contributed by atoms with Gasteiger partial charge in [0, 0.05) is 19.8 Å². The SMILES string of the molecule is COCCC(C)NC(=O)c1c(F)ccc(N)c1F. The highest BCUT2D eigenvalue weighted by Gasteiger charge is 2.20. The third-order valence-electron chi connectivity index (χ3n) is 2.48. The van der Waals surface area contributed by atoms with Crippen molar-refractivity contribution in [3.05, 3.63) is 29.3 Å². The minimum atomic E-state index is -1.04. The zero-order valence-corrected chi connectivity index (χ0v) is 10.3. The second-order valence-corrected chi connectivity index (χ2v) is 3.98. The highest BCUT2D eigenvalue weighted by molar-refractivity contribution is 5.95. The first-order chi connectivity index (χ1) is 8.47. The average molecular weight is 258 g/mol. The second-order valence-electron chi connectivity index (χ2n) is 3.98. The monoisotopic (exact) mass is 258 g/mol. The van der Waals surface area contributed by atoms with Crippen LogP contribution in [0.2, 0.25) is 0 Å². The maximum Gasteiger partial charge on any atom is 0.257 e. The van der Waals surface area contributed by atoms with Crippen molar-refractivity contribution in [2.75, 3.05) is 19.5 Å². The van der Waals surface area contributed by atoms with Gasteiger partial charge in [-0.3, -0.25) is 4.79 Å². The Morgan fingerprint density at radius 1 is 1.50 bits per heavy atom. The number of nitrogens with one attached hydrogen (secondary N) is 1. The van der Waals surface area contributed by atoms with Gasteiger partial charge >= 0.3 is 0 Å².